The minimum absolute atomic E-state index is 0.131. The molecule has 2 aromatic rings. The normalized spacial score (nSPS) is 12.8. The first-order valence-corrected chi connectivity index (χ1v) is 8.29. The van der Waals surface area contributed by atoms with Crippen LogP contribution in [0, 0.1) is 6.92 Å². The summed E-state index contributed by atoms with van der Waals surface area (Å²) < 4.78 is 16.5. The molecule has 0 aromatic heterocycles. The van der Waals surface area contributed by atoms with E-state index in [1.54, 1.807) is 38.3 Å². The van der Waals surface area contributed by atoms with Crippen LogP contribution in [0.5, 0.6) is 17.2 Å². The quantitative estimate of drug-likeness (QED) is 0.798. The topological polar surface area (TPSA) is 56.8 Å². The van der Waals surface area contributed by atoms with Gasteiger partial charge in [0.1, 0.15) is 23.9 Å². The van der Waals surface area contributed by atoms with Gasteiger partial charge in [-0.05, 0) is 56.7 Å². The number of ether oxygens (including phenoxy) is 3. The second-order valence-electron chi connectivity index (χ2n) is 5.92. The molecule has 0 spiro atoms. The second kappa shape index (κ2) is 8.97. The van der Waals surface area contributed by atoms with Gasteiger partial charge in [-0.15, -0.1) is 0 Å². The van der Waals surface area contributed by atoms with Crippen LogP contribution >= 0.6 is 0 Å². The van der Waals surface area contributed by atoms with Crippen molar-refractivity contribution < 1.29 is 19.0 Å². The maximum Gasteiger partial charge on any atom is 0.261 e. The Balaban J connectivity index is 1.80. The summed E-state index contributed by atoms with van der Waals surface area (Å²) in [6.45, 7) is 6.00. The summed E-state index contributed by atoms with van der Waals surface area (Å²) in [5.41, 5.74) is 1.07. The average Bonchev–Trinajstić information content (AvgIpc) is 2.61. The van der Waals surface area contributed by atoms with Crippen LogP contribution in [0.4, 0.5) is 0 Å². The van der Waals surface area contributed by atoms with Crippen LogP contribution in [0.25, 0.3) is 0 Å². The highest BCUT2D eigenvalue weighted by molar-refractivity contribution is 5.81. The van der Waals surface area contributed by atoms with Gasteiger partial charge in [-0.1, -0.05) is 18.2 Å². The minimum atomic E-state index is -0.602. The van der Waals surface area contributed by atoms with Crippen LogP contribution < -0.4 is 19.5 Å². The van der Waals surface area contributed by atoms with E-state index in [2.05, 4.69) is 5.32 Å². The fourth-order valence-corrected chi connectivity index (χ4v) is 2.25. The van der Waals surface area contributed by atoms with Gasteiger partial charge in [0.15, 0.2) is 6.10 Å². The van der Waals surface area contributed by atoms with E-state index in [9.17, 15) is 4.79 Å². The third kappa shape index (κ3) is 5.71. The lowest BCUT2D eigenvalue weighted by Gasteiger charge is -2.19. The number of carbonyl (C=O) groups is 1. The molecule has 0 heterocycles. The molecule has 1 N–H and O–H groups in total. The van der Waals surface area contributed by atoms with Crippen LogP contribution in [0.15, 0.2) is 48.5 Å². The van der Waals surface area contributed by atoms with Crippen molar-refractivity contribution in [3.63, 3.8) is 0 Å². The zero-order valence-electron chi connectivity index (χ0n) is 15.1. The van der Waals surface area contributed by atoms with Crippen LogP contribution in [0.2, 0.25) is 0 Å². The molecule has 0 unspecified atom stereocenters. The number of hydrogen-bond donors (Lipinski definition) is 1. The summed E-state index contributed by atoms with van der Waals surface area (Å²) >= 11 is 0. The number of rotatable bonds is 8. The zero-order valence-corrected chi connectivity index (χ0v) is 15.1. The number of amides is 1. The third-order valence-electron chi connectivity index (χ3n) is 3.71. The SMILES string of the molecule is COc1ccc(O[C@H](C)C(=O)N[C@@H](C)COc2ccccc2C)cc1. The smallest absolute Gasteiger partial charge is 0.261 e. The molecule has 0 aliphatic rings. The Morgan fingerprint density at radius 2 is 1.68 bits per heavy atom. The Bertz CT molecular complexity index is 684. The molecule has 0 bridgehead atoms. The molecule has 25 heavy (non-hydrogen) atoms. The molecule has 0 fully saturated rings. The van der Waals surface area contributed by atoms with E-state index in [1.807, 2.05) is 38.1 Å². The summed E-state index contributed by atoms with van der Waals surface area (Å²) in [6, 6.07) is 14.8. The van der Waals surface area contributed by atoms with Crippen LogP contribution in [-0.2, 0) is 4.79 Å². The highest BCUT2D eigenvalue weighted by Gasteiger charge is 2.17. The van der Waals surface area contributed by atoms with E-state index in [1.165, 1.54) is 0 Å². The van der Waals surface area contributed by atoms with Crippen molar-refractivity contribution in [1.82, 2.24) is 5.32 Å². The zero-order chi connectivity index (χ0) is 18.2. The van der Waals surface area contributed by atoms with Gasteiger partial charge in [0.2, 0.25) is 0 Å². The Kier molecular flexibility index (Phi) is 6.69. The fraction of sp³-hybridized carbons (Fsp3) is 0.350. The van der Waals surface area contributed by atoms with Crippen molar-refractivity contribution >= 4 is 5.91 Å². The highest BCUT2D eigenvalue weighted by Crippen LogP contribution is 2.18. The number of para-hydroxylation sites is 1. The third-order valence-corrected chi connectivity index (χ3v) is 3.71. The molecular weight excluding hydrogens is 318 g/mol. The molecule has 2 atom stereocenters. The second-order valence-corrected chi connectivity index (χ2v) is 5.92. The Hall–Kier alpha value is -2.69. The molecule has 1 amide bonds. The average molecular weight is 343 g/mol. The predicted octanol–water partition coefficient (Wildman–Crippen LogP) is 3.35. The summed E-state index contributed by atoms with van der Waals surface area (Å²) in [7, 11) is 1.60. The molecule has 2 rings (SSSR count). The van der Waals surface area contributed by atoms with Crippen LogP contribution in [0.3, 0.4) is 0 Å². The fourth-order valence-electron chi connectivity index (χ4n) is 2.25. The first-order valence-electron chi connectivity index (χ1n) is 8.29. The number of benzene rings is 2. The largest absolute Gasteiger partial charge is 0.497 e. The maximum absolute atomic E-state index is 12.2. The molecule has 0 radical (unpaired) electrons. The Labute approximate surface area is 148 Å². The van der Waals surface area contributed by atoms with E-state index in [0.29, 0.717) is 12.4 Å². The molecule has 0 aliphatic heterocycles. The summed E-state index contributed by atoms with van der Waals surface area (Å²) in [5, 5.41) is 2.90. The van der Waals surface area contributed by atoms with E-state index >= 15 is 0 Å². The van der Waals surface area contributed by atoms with Gasteiger partial charge >= 0.3 is 0 Å². The van der Waals surface area contributed by atoms with Crippen molar-refractivity contribution in [2.75, 3.05) is 13.7 Å². The monoisotopic (exact) mass is 343 g/mol. The van der Waals surface area contributed by atoms with Crippen molar-refractivity contribution in [2.45, 2.75) is 32.9 Å². The number of nitrogens with one attached hydrogen (secondary N) is 1. The van der Waals surface area contributed by atoms with Crippen molar-refractivity contribution in [3.05, 3.63) is 54.1 Å². The molecule has 0 aliphatic carbocycles. The van der Waals surface area contributed by atoms with Gasteiger partial charge in [-0.3, -0.25) is 4.79 Å². The summed E-state index contributed by atoms with van der Waals surface area (Å²) in [4.78, 5) is 12.2. The molecular formula is C20H25NO4. The molecule has 2 aromatic carbocycles. The van der Waals surface area contributed by atoms with E-state index < -0.39 is 6.10 Å². The van der Waals surface area contributed by atoms with Gasteiger partial charge in [0.05, 0.1) is 13.2 Å². The molecule has 134 valence electrons. The van der Waals surface area contributed by atoms with Gasteiger partial charge in [0, 0.05) is 0 Å². The Morgan fingerprint density at radius 3 is 2.32 bits per heavy atom. The summed E-state index contributed by atoms with van der Waals surface area (Å²) in [6.07, 6.45) is -0.602. The van der Waals surface area contributed by atoms with Gasteiger partial charge in [-0.2, -0.15) is 0 Å². The van der Waals surface area contributed by atoms with Gasteiger partial charge in [-0.25, -0.2) is 0 Å². The van der Waals surface area contributed by atoms with Crippen LogP contribution in [0.1, 0.15) is 19.4 Å². The molecule has 5 heteroatoms. The van der Waals surface area contributed by atoms with E-state index in [0.717, 1.165) is 17.1 Å². The minimum Gasteiger partial charge on any atom is -0.497 e. The highest BCUT2D eigenvalue weighted by atomic mass is 16.5. The standard InChI is InChI=1S/C20H25NO4/c1-14-7-5-6-8-19(14)24-13-15(2)21-20(22)16(3)25-18-11-9-17(23-4)10-12-18/h5-12,15-16H,13H2,1-4H3,(H,21,22)/t15-,16+/m0/s1. The summed E-state index contributed by atoms with van der Waals surface area (Å²) in [5.74, 6) is 2.00. The number of hydrogen-bond acceptors (Lipinski definition) is 4. The number of carbonyl (C=O) groups excluding carboxylic acids is 1. The first kappa shape index (κ1) is 18.6. The number of aryl methyl sites for hydroxylation is 1. The molecule has 0 saturated carbocycles. The van der Waals surface area contributed by atoms with E-state index in [-0.39, 0.29) is 11.9 Å². The first-order chi connectivity index (χ1) is 12.0. The lowest BCUT2D eigenvalue weighted by Crippen LogP contribution is -2.43. The maximum atomic E-state index is 12.2. The lowest BCUT2D eigenvalue weighted by atomic mass is 10.2. The van der Waals surface area contributed by atoms with Crippen molar-refractivity contribution in [1.29, 1.82) is 0 Å². The van der Waals surface area contributed by atoms with Gasteiger partial charge < -0.3 is 19.5 Å². The van der Waals surface area contributed by atoms with Crippen molar-refractivity contribution in [2.24, 2.45) is 0 Å². The predicted molar refractivity (Wildman–Crippen MR) is 97.4 cm³/mol. The van der Waals surface area contributed by atoms with Crippen molar-refractivity contribution in [3.8, 4) is 17.2 Å². The molecule has 5 nitrogen and oxygen atoms in total. The Morgan fingerprint density at radius 1 is 1.04 bits per heavy atom. The number of methoxy groups -OCH3 is 1. The van der Waals surface area contributed by atoms with Gasteiger partial charge in [0.25, 0.3) is 5.91 Å². The van der Waals surface area contributed by atoms with Crippen LogP contribution in [-0.4, -0.2) is 31.8 Å². The molecule has 0 saturated heterocycles. The lowest BCUT2D eigenvalue weighted by molar-refractivity contribution is -0.128. The van der Waals surface area contributed by atoms with E-state index in [4.69, 9.17) is 14.2 Å².